The summed E-state index contributed by atoms with van der Waals surface area (Å²) in [6, 6.07) is 7.21. The number of ether oxygens (including phenoxy) is 1. The second-order valence-corrected chi connectivity index (χ2v) is 3.64. The molecule has 1 atom stereocenters. The van der Waals surface area contributed by atoms with E-state index in [0.29, 0.717) is 5.75 Å². The summed E-state index contributed by atoms with van der Waals surface area (Å²) in [5, 5.41) is 0. The molecule has 0 unspecified atom stereocenters. The molecule has 14 heavy (non-hydrogen) atoms. The van der Waals surface area contributed by atoms with Gasteiger partial charge in [0.05, 0.1) is 0 Å². The van der Waals surface area contributed by atoms with Crippen molar-refractivity contribution in [3.05, 3.63) is 28.7 Å². The van der Waals surface area contributed by atoms with Crippen LogP contribution in [0.2, 0.25) is 0 Å². The van der Waals surface area contributed by atoms with Gasteiger partial charge < -0.3 is 4.74 Å². The van der Waals surface area contributed by atoms with Crippen LogP contribution in [0.1, 0.15) is 6.92 Å². The Kier molecular flexibility index (Phi) is 3.91. The fourth-order valence-corrected chi connectivity index (χ4v) is 1.15. The molecule has 0 saturated heterocycles. The summed E-state index contributed by atoms with van der Waals surface area (Å²) in [6.45, 7) is 1.63. The Bertz CT molecular complexity index is 313. The molecule has 0 fully saturated rings. The van der Waals surface area contributed by atoms with E-state index in [1.54, 1.807) is 19.1 Å². The number of hydrogen-bond acceptors (Lipinski definition) is 3. The summed E-state index contributed by atoms with van der Waals surface area (Å²) in [7, 11) is 0. The van der Waals surface area contributed by atoms with Crippen LogP contribution in [-0.4, -0.2) is 12.0 Å². The highest BCUT2D eigenvalue weighted by Gasteiger charge is 2.12. The van der Waals surface area contributed by atoms with Crippen LogP contribution in [0.25, 0.3) is 0 Å². The normalized spacial score (nSPS) is 11.9. The van der Waals surface area contributed by atoms with Gasteiger partial charge in [0.25, 0.3) is 5.91 Å². The van der Waals surface area contributed by atoms with Crippen LogP contribution in [0.3, 0.4) is 0 Å². The molecule has 1 aromatic rings. The van der Waals surface area contributed by atoms with Crippen molar-refractivity contribution in [2.75, 3.05) is 0 Å². The van der Waals surface area contributed by atoms with Crippen molar-refractivity contribution < 1.29 is 9.53 Å². The number of hydrogen-bond donors (Lipinski definition) is 2. The van der Waals surface area contributed by atoms with Crippen molar-refractivity contribution in [1.29, 1.82) is 0 Å². The third-order valence-electron chi connectivity index (χ3n) is 1.64. The van der Waals surface area contributed by atoms with E-state index < -0.39 is 6.10 Å². The molecule has 4 nitrogen and oxygen atoms in total. The average Bonchev–Trinajstić information content (AvgIpc) is 2.20. The van der Waals surface area contributed by atoms with Crippen molar-refractivity contribution in [3.8, 4) is 5.75 Å². The Balaban J connectivity index is 2.60. The van der Waals surface area contributed by atoms with Crippen LogP contribution >= 0.6 is 15.9 Å². The van der Waals surface area contributed by atoms with E-state index in [9.17, 15) is 4.79 Å². The Morgan fingerprint density at radius 1 is 1.50 bits per heavy atom. The second kappa shape index (κ2) is 4.97. The van der Waals surface area contributed by atoms with Crippen molar-refractivity contribution >= 4 is 21.8 Å². The van der Waals surface area contributed by atoms with E-state index in [-0.39, 0.29) is 5.91 Å². The smallest absolute Gasteiger partial charge is 0.274 e. The lowest BCUT2D eigenvalue weighted by Crippen LogP contribution is -2.40. The Morgan fingerprint density at radius 3 is 2.57 bits per heavy atom. The van der Waals surface area contributed by atoms with Crippen LogP contribution in [0.5, 0.6) is 5.75 Å². The largest absolute Gasteiger partial charge is 0.481 e. The van der Waals surface area contributed by atoms with Crippen LogP contribution in [-0.2, 0) is 4.79 Å². The van der Waals surface area contributed by atoms with E-state index in [0.717, 1.165) is 4.47 Å². The summed E-state index contributed by atoms with van der Waals surface area (Å²) >= 11 is 3.30. The van der Waals surface area contributed by atoms with Crippen molar-refractivity contribution in [2.45, 2.75) is 13.0 Å². The quantitative estimate of drug-likeness (QED) is 0.487. The number of rotatable bonds is 3. The second-order valence-electron chi connectivity index (χ2n) is 2.72. The van der Waals surface area contributed by atoms with Crippen LogP contribution in [0, 0.1) is 0 Å². The monoisotopic (exact) mass is 258 g/mol. The fourth-order valence-electron chi connectivity index (χ4n) is 0.888. The van der Waals surface area contributed by atoms with Crippen LogP contribution in [0.15, 0.2) is 28.7 Å². The first-order valence-electron chi connectivity index (χ1n) is 4.06. The maximum absolute atomic E-state index is 11.0. The van der Waals surface area contributed by atoms with Gasteiger partial charge in [0.1, 0.15) is 5.75 Å². The average molecular weight is 259 g/mol. The zero-order valence-electron chi connectivity index (χ0n) is 7.66. The van der Waals surface area contributed by atoms with Gasteiger partial charge >= 0.3 is 0 Å². The molecule has 0 aliphatic heterocycles. The molecule has 0 aliphatic rings. The van der Waals surface area contributed by atoms with Crippen molar-refractivity contribution in [1.82, 2.24) is 5.43 Å². The number of nitrogens with one attached hydrogen (secondary N) is 1. The predicted molar refractivity (Wildman–Crippen MR) is 56.6 cm³/mol. The molecule has 1 rings (SSSR count). The highest BCUT2D eigenvalue weighted by atomic mass is 79.9. The molecule has 0 heterocycles. The predicted octanol–water partition coefficient (Wildman–Crippen LogP) is 1.21. The van der Waals surface area contributed by atoms with E-state index >= 15 is 0 Å². The first-order valence-corrected chi connectivity index (χ1v) is 4.85. The third kappa shape index (κ3) is 3.01. The minimum atomic E-state index is -0.596. The first kappa shape index (κ1) is 11.0. The lowest BCUT2D eigenvalue weighted by molar-refractivity contribution is -0.127. The lowest BCUT2D eigenvalue weighted by Gasteiger charge is -2.12. The Labute approximate surface area is 90.5 Å². The molecule has 0 bridgehead atoms. The van der Waals surface area contributed by atoms with E-state index in [4.69, 9.17) is 10.6 Å². The molecule has 0 aromatic heterocycles. The van der Waals surface area contributed by atoms with E-state index in [1.807, 2.05) is 17.6 Å². The van der Waals surface area contributed by atoms with Gasteiger partial charge in [-0.2, -0.15) is 0 Å². The number of amides is 1. The number of halogens is 1. The SMILES string of the molecule is C[C@@H](Oc1ccc(Br)cc1)C(=O)NN. The maximum atomic E-state index is 11.0. The molecule has 0 saturated carbocycles. The van der Waals surface area contributed by atoms with Gasteiger partial charge in [0.2, 0.25) is 0 Å². The van der Waals surface area contributed by atoms with E-state index in [1.165, 1.54) is 0 Å². The van der Waals surface area contributed by atoms with Gasteiger partial charge in [-0.25, -0.2) is 5.84 Å². The molecule has 0 aliphatic carbocycles. The fraction of sp³-hybridized carbons (Fsp3) is 0.222. The zero-order chi connectivity index (χ0) is 10.6. The number of carbonyl (C=O) groups excluding carboxylic acids is 1. The summed E-state index contributed by atoms with van der Waals surface area (Å²) < 4.78 is 6.27. The molecule has 1 amide bonds. The molecule has 1 aromatic carbocycles. The molecule has 76 valence electrons. The maximum Gasteiger partial charge on any atom is 0.274 e. The number of nitrogens with two attached hydrogens (primary N) is 1. The van der Waals surface area contributed by atoms with Gasteiger partial charge in [-0.15, -0.1) is 0 Å². The number of benzene rings is 1. The van der Waals surface area contributed by atoms with Gasteiger partial charge in [-0.05, 0) is 31.2 Å². The standard InChI is InChI=1S/C9H11BrN2O2/c1-6(9(13)12-11)14-8-4-2-7(10)3-5-8/h2-6H,11H2,1H3,(H,12,13)/t6-/m1/s1. The minimum Gasteiger partial charge on any atom is -0.481 e. The zero-order valence-corrected chi connectivity index (χ0v) is 9.24. The highest BCUT2D eigenvalue weighted by Crippen LogP contribution is 2.17. The van der Waals surface area contributed by atoms with Crippen molar-refractivity contribution in [3.63, 3.8) is 0 Å². The first-order chi connectivity index (χ1) is 6.63. The van der Waals surface area contributed by atoms with Crippen molar-refractivity contribution in [2.24, 2.45) is 5.84 Å². The summed E-state index contributed by atoms with van der Waals surface area (Å²) in [6.07, 6.45) is -0.596. The molecular formula is C9H11BrN2O2. The van der Waals surface area contributed by atoms with Gasteiger partial charge in [-0.1, -0.05) is 15.9 Å². The molecule has 0 spiro atoms. The summed E-state index contributed by atoms with van der Waals surface area (Å²) in [5.41, 5.74) is 2.02. The number of hydrazine groups is 1. The summed E-state index contributed by atoms with van der Waals surface area (Å²) in [4.78, 5) is 11.0. The lowest BCUT2D eigenvalue weighted by atomic mass is 10.3. The number of carbonyl (C=O) groups is 1. The van der Waals surface area contributed by atoms with Gasteiger partial charge in [0.15, 0.2) is 6.10 Å². The minimum absolute atomic E-state index is 0.354. The van der Waals surface area contributed by atoms with Crippen LogP contribution in [0.4, 0.5) is 0 Å². The van der Waals surface area contributed by atoms with Gasteiger partial charge in [0, 0.05) is 4.47 Å². The van der Waals surface area contributed by atoms with E-state index in [2.05, 4.69) is 15.9 Å². The molecule has 5 heteroatoms. The Hall–Kier alpha value is -1.07. The van der Waals surface area contributed by atoms with Crippen LogP contribution < -0.4 is 16.0 Å². The topological polar surface area (TPSA) is 64.3 Å². The van der Waals surface area contributed by atoms with Gasteiger partial charge in [-0.3, -0.25) is 10.2 Å². The summed E-state index contributed by atoms with van der Waals surface area (Å²) in [5.74, 6) is 5.24. The Morgan fingerprint density at radius 2 is 2.07 bits per heavy atom. The third-order valence-corrected chi connectivity index (χ3v) is 2.17. The molecule has 3 N–H and O–H groups in total. The highest BCUT2D eigenvalue weighted by molar-refractivity contribution is 9.10. The molecular weight excluding hydrogens is 248 g/mol. The molecule has 0 radical (unpaired) electrons.